The van der Waals surface area contributed by atoms with Gasteiger partial charge in [0.1, 0.15) is 24.4 Å². The Morgan fingerprint density at radius 3 is 2.13 bits per heavy atom. The van der Waals surface area contributed by atoms with Gasteiger partial charge >= 0.3 is 5.97 Å². The minimum absolute atomic E-state index is 0.00346. The highest BCUT2D eigenvalue weighted by molar-refractivity contribution is 6.24. The quantitative estimate of drug-likeness (QED) is 0.229. The molecule has 2 saturated carbocycles. The molecule has 6 unspecified atom stereocenters. The van der Waals surface area contributed by atoms with E-state index in [0.29, 0.717) is 37.3 Å². The smallest absolute Gasteiger partial charge is 0.306 e. The lowest BCUT2D eigenvalue weighted by Crippen LogP contribution is -2.59. The Hall–Kier alpha value is -2.81. The van der Waals surface area contributed by atoms with Crippen LogP contribution in [-0.2, 0) is 52.3 Å². The van der Waals surface area contributed by atoms with Crippen molar-refractivity contribution in [3.05, 3.63) is 53.6 Å². The standard InChI is InChI=1S/C50H71NO11/c1-10-30-17-14-18-40(62-42-20-19-39(51(5)6)27(3)58-42)26(2)45(53)38-24-35-33-21-31(61-50-49(57-9)48(56-8)47(55-7)28(4)59-50)22-34(33)36-23-32(29-15-12-11-13-16-29)46(54)44(36)43(35)37(38)25-41(52)60-30/h11-13,15-16,23-24,26-28,30-31,33-37,39-40,42-44,47-50H,10,14,17-22,25H2,1-9H3/t26-,27?,28?,30+,31+,33-,34-,35+,36?,37-,39+,40+,42+,43-,44?,47+,48?,49?,50+/m1/s1. The second-order valence-corrected chi connectivity index (χ2v) is 19.5. The summed E-state index contributed by atoms with van der Waals surface area (Å²) in [5.41, 5.74) is 2.27. The Bertz CT molecular complexity index is 1820. The van der Waals surface area contributed by atoms with E-state index >= 15 is 9.59 Å². The molecule has 0 amide bonds. The highest BCUT2D eigenvalue weighted by Crippen LogP contribution is 2.63. The predicted molar refractivity (Wildman–Crippen MR) is 231 cm³/mol. The molecule has 7 aliphatic rings. The minimum atomic E-state index is -0.689. The number of fused-ring (bicyclic) bond motifs is 8. The zero-order valence-corrected chi connectivity index (χ0v) is 38.3. The molecule has 342 valence electrons. The number of nitrogens with zero attached hydrogens (tertiary/aromatic N) is 1. The molecule has 4 aliphatic carbocycles. The minimum Gasteiger partial charge on any atom is -0.462 e. The molecule has 0 spiro atoms. The molecule has 19 atom stereocenters. The second-order valence-electron chi connectivity index (χ2n) is 19.5. The van der Waals surface area contributed by atoms with Crippen LogP contribution in [0.3, 0.4) is 0 Å². The number of ketones is 2. The normalized spacial score (nSPS) is 43.7. The molecule has 0 radical (unpaired) electrons. The number of ether oxygens (including phenoxy) is 8. The fourth-order valence-electron chi connectivity index (χ4n) is 13.0. The maximum absolute atomic E-state index is 15.2. The van der Waals surface area contributed by atoms with E-state index in [1.54, 1.807) is 21.3 Å². The van der Waals surface area contributed by atoms with Crippen LogP contribution in [0.4, 0.5) is 0 Å². The van der Waals surface area contributed by atoms with E-state index in [9.17, 15) is 4.79 Å². The van der Waals surface area contributed by atoms with E-state index in [-0.39, 0.29) is 90.2 Å². The molecule has 62 heavy (non-hydrogen) atoms. The highest BCUT2D eigenvalue weighted by Gasteiger charge is 2.62. The Balaban J connectivity index is 1.13. The van der Waals surface area contributed by atoms with Crippen LogP contribution >= 0.6 is 0 Å². The summed E-state index contributed by atoms with van der Waals surface area (Å²) in [5.74, 6) is -1.79. The Morgan fingerprint density at radius 2 is 1.47 bits per heavy atom. The lowest BCUT2D eigenvalue weighted by atomic mass is 9.57. The third-order valence-corrected chi connectivity index (χ3v) is 16.0. The molecule has 3 heterocycles. The Morgan fingerprint density at radius 1 is 0.758 bits per heavy atom. The summed E-state index contributed by atoms with van der Waals surface area (Å²) in [6.07, 6.45) is 6.90. The fourth-order valence-corrected chi connectivity index (χ4v) is 13.0. The number of carbonyl (C=O) groups excluding carboxylic acids is 3. The number of benzene rings is 1. The Kier molecular flexibility index (Phi) is 14.3. The molecule has 3 saturated heterocycles. The first-order valence-corrected chi connectivity index (χ1v) is 23.5. The number of Topliss-reactive ketones (excluding diaryl/α,β-unsaturated/α-hetero) is 2. The van der Waals surface area contributed by atoms with Crippen LogP contribution in [-0.4, -0.2) is 125 Å². The fraction of sp³-hybridized carbons (Fsp3) is 0.740. The summed E-state index contributed by atoms with van der Waals surface area (Å²) in [7, 11) is 9.10. The van der Waals surface area contributed by atoms with Gasteiger partial charge in [0.05, 0.1) is 30.8 Å². The van der Waals surface area contributed by atoms with Crippen LogP contribution in [0.1, 0.15) is 91.0 Å². The predicted octanol–water partition coefficient (Wildman–Crippen LogP) is 6.83. The van der Waals surface area contributed by atoms with Gasteiger partial charge in [-0.2, -0.15) is 0 Å². The number of cyclic esters (lactones) is 1. The van der Waals surface area contributed by atoms with Gasteiger partial charge in [-0.1, -0.05) is 56.3 Å². The van der Waals surface area contributed by atoms with Crippen LogP contribution in [0.5, 0.6) is 0 Å². The third kappa shape index (κ3) is 8.68. The van der Waals surface area contributed by atoms with Gasteiger partial charge in [-0.15, -0.1) is 0 Å². The summed E-state index contributed by atoms with van der Waals surface area (Å²) >= 11 is 0. The van der Waals surface area contributed by atoms with E-state index in [2.05, 4.69) is 45.0 Å². The number of carbonyl (C=O) groups is 3. The van der Waals surface area contributed by atoms with Crippen molar-refractivity contribution in [2.75, 3.05) is 35.4 Å². The number of hydrogen-bond acceptors (Lipinski definition) is 12. The van der Waals surface area contributed by atoms with Crippen molar-refractivity contribution in [3.63, 3.8) is 0 Å². The van der Waals surface area contributed by atoms with Crippen LogP contribution in [0.2, 0.25) is 0 Å². The largest absolute Gasteiger partial charge is 0.462 e. The molecule has 12 nitrogen and oxygen atoms in total. The van der Waals surface area contributed by atoms with Crippen molar-refractivity contribution < 1.29 is 52.3 Å². The van der Waals surface area contributed by atoms with Crippen molar-refractivity contribution in [2.24, 2.45) is 47.3 Å². The molecule has 3 aliphatic heterocycles. The van der Waals surface area contributed by atoms with Crippen molar-refractivity contribution in [1.29, 1.82) is 0 Å². The molecule has 1 aromatic rings. The Labute approximate surface area is 368 Å². The number of rotatable bonds is 10. The van der Waals surface area contributed by atoms with Crippen LogP contribution in [0.25, 0.3) is 5.57 Å². The number of esters is 1. The molecular formula is C50H71NO11. The van der Waals surface area contributed by atoms with E-state index in [1.165, 1.54) is 0 Å². The molecule has 12 heteroatoms. The number of methoxy groups -OCH3 is 3. The highest BCUT2D eigenvalue weighted by atomic mass is 16.7. The van der Waals surface area contributed by atoms with Gasteiger partial charge in [-0.3, -0.25) is 14.4 Å². The lowest BCUT2D eigenvalue weighted by Gasteiger charge is -2.45. The summed E-state index contributed by atoms with van der Waals surface area (Å²) in [4.78, 5) is 46.6. The average molecular weight is 862 g/mol. The topological polar surface area (TPSA) is 128 Å². The number of likely N-dealkylation sites (N-methyl/N-ethyl adjacent to an activating group) is 1. The van der Waals surface area contributed by atoms with Crippen molar-refractivity contribution in [2.45, 2.75) is 153 Å². The zero-order valence-electron chi connectivity index (χ0n) is 38.3. The van der Waals surface area contributed by atoms with Crippen molar-refractivity contribution >= 4 is 23.1 Å². The van der Waals surface area contributed by atoms with Crippen molar-refractivity contribution in [1.82, 2.24) is 4.90 Å². The van der Waals surface area contributed by atoms with Gasteiger partial charge in [-0.05, 0) is 120 Å². The van der Waals surface area contributed by atoms with Gasteiger partial charge in [0.25, 0.3) is 0 Å². The summed E-state index contributed by atoms with van der Waals surface area (Å²) in [6, 6.07) is 10.2. The van der Waals surface area contributed by atoms with Crippen LogP contribution < -0.4 is 0 Å². The first kappa shape index (κ1) is 45.7. The first-order valence-electron chi connectivity index (χ1n) is 23.5. The summed E-state index contributed by atoms with van der Waals surface area (Å²) in [6.45, 7) is 8.10. The van der Waals surface area contributed by atoms with E-state index in [1.807, 2.05) is 44.2 Å². The zero-order chi connectivity index (χ0) is 44.0. The van der Waals surface area contributed by atoms with Gasteiger partial charge in [0.15, 0.2) is 24.1 Å². The molecule has 0 N–H and O–H groups in total. The molecule has 0 aromatic heterocycles. The number of hydrogen-bond donors (Lipinski definition) is 0. The molecule has 8 rings (SSSR count). The van der Waals surface area contributed by atoms with Gasteiger partial charge in [0, 0.05) is 50.7 Å². The summed E-state index contributed by atoms with van der Waals surface area (Å²) < 4.78 is 50.5. The van der Waals surface area contributed by atoms with E-state index in [0.717, 1.165) is 36.8 Å². The first-order chi connectivity index (χ1) is 29.9. The van der Waals surface area contributed by atoms with Crippen LogP contribution in [0.15, 0.2) is 48.1 Å². The molecule has 1 aromatic carbocycles. The summed E-state index contributed by atoms with van der Waals surface area (Å²) in [5, 5.41) is 0. The van der Waals surface area contributed by atoms with Gasteiger partial charge in [-0.25, -0.2) is 0 Å². The van der Waals surface area contributed by atoms with Crippen LogP contribution in [0, 0.1) is 47.3 Å². The number of allylic oxidation sites excluding steroid dienone is 4. The maximum atomic E-state index is 15.2. The average Bonchev–Trinajstić information content (AvgIpc) is 3.95. The SMILES string of the molecule is CC[C@H]1CCC[C@H](O[C@H]2CC[C@H](N(C)C)C(C)O2)[C@@H](C)C(=O)C2=C[C@H]3[C@@H]4C[C@H](O[C@@H]5OC(C)[C@H](OC)C(OC)C5OC)C[C@H]4C4C=C(c5ccccc5)C(=O)C4[C@H]3[C@@H]2CC(=O)O1. The lowest BCUT2D eigenvalue weighted by molar-refractivity contribution is -0.314. The third-order valence-electron chi connectivity index (χ3n) is 16.0. The van der Waals surface area contributed by atoms with E-state index < -0.39 is 42.5 Å². The van der Waals surface area contributed by atoms with E-state index in [4.69, 9.17) is 37.9 Å². The second kappa shape index (κ2) is 19.3. The van der Waals surface area contributed by atoms with Gasteiger partial charge in [0.2, 0.25) is 0 Å². The molecule has 5 fully saturated rings. The monoisotopic (exact) mass is 862 g/mol. The maximum Gasteiger partial charge on any atom is 0.306 e. The van der Waals surface area contributed by atoms with Gasteiger partial charge < -0.3 is 42.8 Å². The molecule has 0 bridgehead atoms. The molecular weight excluding hydrogens is 791 g/mol. The van der Waals surface area contributed by atoms with Crippen molar-refractivity contribution in [3.8, 4) is 0 Å².